The Balaban J connectivity index is 1.78. The van der Waals surface area contributed by atoms with Gasteiger partial charge in [0.1, 0.15) is 5.76 Å². The fourth-order valence-electron chi connectivity index (χ4n) is 1.84. The maximum absolute atomic E-state index is 5.36. The van der Waals surface area contributed by atoms with Crippen LogP contribution >= 0.6 is 0 Å². The van der Waals surface area contributed by atoms with Crippen molar-refractivity contribution < 1.29 is 4.42 Å². The molecule has 0 fully saturated rings. The molecule has 2 heteroatoms. The highest BCUT2D eigenvalue weighted by molar-refractivity contribution is 5.82. The van der Waals surface area contributed by atoms with Crippen LogP contribution in [-0.4, -0.2) is 6.21 Å². The van der Waals surface area contributed by atoms with Crippen LogP contribution in [0.25, 0.3) is 11.3 Å². The average molecular weight is 247 g/mol. The minimum atomic E-state index is 0.881. The smallest absolute Gasteiger partial charge is 0.133 e. The molecule has 0 radical (unpaired) electrons. The Kier molecular flexibility index (Phi) is 3.24. The molecule has 19 heavy (non-hydrogen) atoms. The van der Waals surface area contributed by atoms with E-state index in [1.807, 2.05) is 72.9 Å². The molecule has 0 saturated carbocycles. The number of benzene rings is 2. The summed E-state index contributed by atoms with van der Waals surface area (Å²) in [5.41, 5.74) is 3.10. The first-order valence-electron chi connectivity index (χ1n) is 6.15. The molecular formula is C17H13NO. The summed E-state index contributed by atoms with van der Waals surface area (Å²) in [7, 11) is 0. The lowest BCUT2D eigenvalue weighted by Crippen LogP contribution is -1.81. The van der Waals surface area contributed by atoms with Gasteiger partial charge in [-0.3, -0.25) is 4.99 Å². The van der Waals surface area contributed by atoms with Crippen molar-refractivity contribution in [1.29, 1.82) is 0 Å². The fourth-order valence-corrected chi connectivity index (χ4v) is 1.84. The lowest BCUT2D eigenvalue weighted by atomic mass is 10.1. The van der Waals surface area contributed by atoms with E-state index < -0.39 is 0 Å². The van der Waals surface area contributed by atoms with Gasteiger partial charge in [-0.2, -0.15) is 0 Å². The predicted molar refractivity (Wildman–Crippen MR) is 77.8 cm³/mol. The third kappa shape index (κ3) is 2.80. The molecule has 0 spiro atoms. The highest BCUT2D eigenvalue weighted by Gasteiger charge is 1.99. The van der Waals surface area contributed by atoms with Crippen molar-refractivity contribution in [1.82, 2.24) is 0 Å². The Hall–Kier alpha value is -2.61. The SMILES string of the molecule is C(=N\c1ccccc1)/c1ccc(-c2ccco2)cc1. The van der Waals surface area contributed by atoms with Crippen molar-refractivity contribution in [3.8, 4) is 11.3 Å². The van der Waals surface area contributed by atoms with Crippen LogP contribution in [-0.2, 0) is 0 Å². The summed E-state index contributed by atoms with van der Waals surface area (Å²) in [5, 5.41) is 0. The molecule has 3 aromatic rings. The van der Waals surface area contributed by atoms with E-state index >= 15 is 0 Å². The maximum Gasteiger partial charge on any atom is 0.133 e. The Labute approximate surface area is 112 Å². The molecule has 1 aromatic heterocycles. The van der Waals surface area contributed by atoms with Gasteiger partial charge in [0.15, 0.2) is 0 Å². The number of hydrogen-bond acceptors (Lipinski definition) is 2. The molecule has 0 unspecified atom stereocenters. The lowest BCUT2D eigenvalue weighted by Gasteiger charge is -1.98. The normalized spacial score (nSPS) is 10.9. The van der Waals surface area contributed by atoms with Crippen LogP contribution in [0.5, 0.6) is 0 Å². The number of hydrogen-bond donors (Lipinski definition) is 0. The van der Waals surface area contributed by atoms with E-state index in [0.717, 1.165) is 22.6 Å². The zero-order chi connectivity index (χ0) is 12.9. The van der Waals surface area contributed by atoms with Crippen LogP contribution in [0.2, 0.25) is 0 Å². The molecule has 0 aliphatic carbocycles. The van der Waals surface area contributed by atoms with Gasteiger partial charge in [-0.1, -0.05) is 42.5 Å². The summed E-state index contributed by atoms with van der Waals surface area (Å²) >= 11 is 0. The predicted octanol–water partition coefficient (Wildman–Crippen LogP) is 4.70. The minimum Gasteiger partial charge on any atom is -0.464 e. The molecule has 0 N–H and O–H groups in total. The fraction of sp³-hybridized carbons (Fsp3) is 0. The highest BCUT2D eigenvalue weighted by atomic mass is 16.3. The van der Waals surface area contributed by atoms with Crippen molar-refractivity contribution in [3.05, 3.63) is 78.6 Å². The van der Waals surface area contributed by atoms with Gasteiger partial charge in [0, 0.05) is 11.8 Å². The molecule has 0 saturated heterocycles. The van der Waals surface area contributed by atoms with Crippen molar-refractivity contribution in [2.45, 2.75) is 0 Å². The number of aliphatic imine (C=N–C) groups is 1. The summed E-state index contributed by atoms with van der Waals surface area (Å²) in [6.07, 6.45) is 3.54. The van der Waals surface area contributed by atoms with Crippen molar-refractivity contribution in [2.75, 3.05) is 0 Å². The summed E-state index contributed by atoms with van der Waals surface area (Å²) in [5.74, 6) is 0.881. The molecule has 3 rings (SSSR count). The molecule has 92 valence electrons. The molecule has 0 bridgehead atoms. The van der Waals surface area contributed by atoms with Gasteiger partial charge >= 0.3 is 0 Å². The zero-order valence-corrected chi connectivity index (χ0v) is 10.4. The topological polar surface area (TPSA) is 25.5 Å². The number of furan rings is 1. The monoisotopic (exact) mass is 247 g/mol. The molecule has 1 heterocycles. The first-order chi connectivity index (χ1) is 9.42. The van der Waals surface area contributed by atoms with E-state index in [1.165, 1.54) is 0 Å². The van der Waals surface area contributed by atoms with Gasteiger partial charge in [-0.25, -0.2) is 0 Å². The van der Waals surface area contributed by atoms with E-state index in [2.05, 4.69) is 4.99 Å². The third-order valence-electron chi connectivity index (χ3n) is 2.84. The van der Waals surface area contributed by atoms with E-state index in [0.29, 0.717) is 0 Å². The Bertz CT molecular complexity index is 652. The van der Waals surface area contributed by atoms with E-state index in [9.17, 15) is 0 Å². The summed E-state index contributed by atoms with van der Waals surface area (Å²) in [6, 6.07) is 21.9. The molecule has 0 aliphatic rings. The summed E-state index contributed by atoms with van der Waals surface area (Å²) in [4.78, 5) is 4.42. The van der Waals surface area contributed by atoms with E-state index in [-0.39, 0.29) is 0 Å². The second-order valence-corrected chi connectivity index (χ2v) is 4.19. The number of nitrogens with zero attached hydrogens (tertiary/aromatic N) is 1. The van der Waals surface area contributed by atoms with Crippen molar-refractivity contribution in [3.63, 3.8) is 0 Å². The van der Waals surface area contributed by atoms with Crippen molar-refractivity contribution >= 4 is 11.9 Å². The number of para-hydroxylation sites is 1. The third-order valence-corrected chi connectivity index (χ3v) is 2.84. The minimum absolute atomic E-state index is 0.881. The largest absolute Gasteiger partial charge is 0.464 e. The van der Waals surface area contributed by atoms with Crippen LogP contribution in [0, 0.1) is 0 Å². The first-order valence-corrected chi connectivity index (χ1v) is 6.15. The molecular weight excluding hydrogens is 234 g/mol. The van der Waals surface area contributed by atoms with Gasteiger partial charge in [0.2, 0.25) is 0 Å². The van der Waals surface area contributed by atoms with Crippen LogP contribution in [0.15, 0.2) is 82.4 Å². The quantitative estimate of drug-likeness (QED) is 0.616. The Morgan fingerprint density at radius 3 is 2.26 bits per heavy atom. The van der Waals surface area contributed by atoms with Crippen LogP contribution in [0.4, 0.5) is 5.69 Å². The maximum atomic E-state index is 5.36. The van der Waals surface area contributed by atoms with Gasteiger partial charge in [-0.15, -0.1) is 0 Å². The molecule has 2 aromatic carbocycles. The van der Waals surface area contributed by atoms with Crippen LogP contribution in [0.3, 0.4) is 0 Å². The second kappa shape index (κ2) is 5.36. The van der Waals surface area contributed by atoms with Crippen LogP contribution < -0.4 is 0 Å². The lowest BCUT2D eigenvalue weighted by molar-refractivity contribution is 0.582. The molecule has 0 atom stereocenters. The van der Waals surface area contributed by atoms with Gasteiger partial charge < -0.3 is 4.42 Å². The summed E-state index contributed by atoms with van der Waals surface area (Å²) in [6.45, 7) is 0. The van der Waals surface area contributed by atoms with E-state index in [4.69, 9.17) is 4.42 Å². The molecule has 2 nitrogen and oxygen atoms in total. The van der Waals surface area contributed by atoms with Gasteiger partial charge in [-0.05, 0) is 29.8 Å². The first kappa shape index (κ1) is 11.5. The Morgan fingerprint density at radius 1 is 0.789 bits per heavy atom. The number of rotatable bonds is 3. The standard InChI is InChI=1S/C17H13NO/c1-2-5-16(6-3-1)18-13-14-8-10-15(11-9-14)17-7-4-12-19-17/h1-13H/b18-13+. The summed E-state index contributed by atoms with van der Waals surface area (Å²) < 4.78 is 5.36. The second-order valence-electron chi connectivity index (χ2n) is 4.19. The van der Waals surface area contributed by atoms with E-state index in [1.54, 1.807) is 6.26 Å². The van der Waals surface area contributed by atoms with Crippen LogP contribution in [0.1, 0.15) is 5.56 Å². The Morgan fingerprint density at radius 2 is 1.58 bits per heavy atom. The average Bonchev–Trinajstić information content (AvgIpc) is 3.01. The zero-order valence-electron chi connectivity index (χ0n) is 10.4. The molecule has 0 amide bonds. The van der Waals surface area contributed by atoms with Gasteiger partial charge in [0.25, 0.3) is 0 Å². The van der Waals surface area contributed by atoms with Gasteiger partial charge in [0.05, 0.1) is 12.0 Å². The van der Waals surface area contributed by atoms with Crippen molar-refractivity contribution in [2.24, 2.45) is 4.99 Å². The molecule has 0 aliphatic heterocycles. The highest BCUT2D eigenvalue weighted by Crippen LogP contribution is 2.19.